The van der Waals surface area contributed by atoms with Gasteiger partial charge in [0.05, 0.1) is 5.92 Å². The van der Waals surface area contributed by atoms with Gasteiger partial charge in [0.2, 0.25) is 5.91 Å². The minimum atomic E-state index is 0. The van der Waals surface area contributed by atoms with Crippen LogP contribution in [0.1, 0.15) is 51.9 Å². The number of hydrogen-bond acceptors (Lipinski definition) is 2. The van der Waals surface area contributed by atoms with Crippen LogP contribution in [-0.2, 0) is 4.79 Å². The normalized spacial score (nSPS) is 31.4. The molecular formula is C15H29ClN2O. The summed E-state index contributed by atoms with van der Waals surface area (Å²) in [5, 5.41) is 3.34. The first kappa shape index (κ1) is 16.8. The molecule has 4 heteroatoms. The van der Waals surface area contributed by atoms with Crippen LogP contribution in [0.3, 0.4) is 0 Å². The summed E-state index contributed by atoms with van der Waals surface area (Å²) < 4.78 is 0. The standard InChI is InChI=1S/C15H28N2O.ClH/c1-3-12-6-8-14(9-7-12)17(2)15(18)13-5-4-10-16-11-13;/h12-14,16H,3-11H2,1-2H3;1H/t12?,13-,14?;/m1./s1. The van der Waals surface area contributed by atoms with Crippen molar-refractivity contribution >= 4 is 18.3 Å². The topological polar surface area (TPSA) is 32.3 Å². The van der Waals surface area contributed by atoms with E-state index in [0.717, 1.165) is 31.8 Å². The fourth-order valence-electron chi connectivity index (χ4n) is 3.47. The van der Waals surface area contributed by atoms with Gasteiger partial charge in [0, 0.05) is 19.6 Å². The first-order valence-corrected chi connectivity index (χ1v) is 7.69. The van der Waals surface area contributed by atoms with E-state index >= 15 is 0 Å². The quantitative estimate of drug-likeness (QED) is 0.866. The summed E-state index contributed by atoms with van der Waals surface area (Å²) in [6.07, 6.45) is 8.55. The number of piperidine rings is 1. The zero-order valence-electron chi connectivity index (χ0n) is 12.4. The highest BCUT2D eigenvalue weighted by molar-refractivity contribution is 5.85. The molecule has 0 bridgehead atoms. The maximum absolute atomic E-state index is 12.4. The van der Waals surface area contributed by atoms with Crippen LogP contribution < -0.4 is 5.32 Å². The largest absolute Gasteiger partial charge is 0.342 e. The lowest BCUT2D eigenvalue weighted by molar-refractivity contribution is -0.137. The van der Waals surface area contributed by atoms with Gasteiger partial charge in [-0.15, -0.1) is 12.4 Å². The SMILES string of the molecule is CCC1CCC(N(C)C(=O)[C@@H]2CCCNC2)CC1.Cl. The molecule has 2 aliphatic rings. The van der Waals surface area contributed by atoms with Gasteiger partial charge in [0.1, 0.15) is 0 Å². The Labute approximate surface area is 123 Å². The second kappa shape index (κ2) is 8.11. The lowest BCUT2D eigenvalue weighted by Crippen LogP contribution is -2.46. The van der Waals surface area contributed by atoms with Crippen molar-refractivity contribution in [3.8, 4) is 0 Å². The number of carbonyl (C=O) groups excluding carboxylic acids is 1. The Bertz CT molecular complexity index is 271. The average molecular weight is 289 g/mol. The van der Waals surface area contributed by atoms with Gasteiger partial charge in [-0.2, -0.15) is 0 Å². The first-order valence-electron chi connectivity index (χ1n) is 7.69. The third-order valence-corrected chi connectivity index (χ3v) is 4.94. The molecule has 0 unspecified atom stereocenters. The highest BCUT2D eigenvalue weighted by atomic mass is 35.5. The molecule has 1 aliphatic heterocycles. The van der Waals surface area contributed by atoms with E-state index in [-0.39, 0.29) is 18.3 Å². The van der Waals surface area contributed by atoms with Crippen LogP contribution in [0.2, 0.25) is 0 Å². The summed E-state index contributed by atoms with van der Waals surface area (Å²) in [7, 11) is 2.02. The maximum atomic E-state index is 12.4. The minimum Gasteiger partial charge on any atom is -0.342 e. The van der Waals surface area contributed by atoms with Crippen LogP contribution in [-0.4, -0.2) is 37.0 Å². The molecule has 112 valence electrons. The number of rotatable bonds is 3. The third-order valence-electron chi connectivity index (χ3n) is 4.94. The van der Waals surface area contributed by atoms with Crippen molar-refractivity contribution in [3.05, 3.63) is 0 Å². The lowest BCUT2D eigenvalue weighted by atomic mass is 9.83. The molecule has 3 nitrogen and oxygen atoms in total. The molecule has 0 aromatic rings. The van der Waals surface area contributed by atoms with E-state index in [0.29, 0.717) is 11.9 Å². The second-order valence-corrected chi connectivity index (χ2v) is 6.08. The smallest absolute Gasteiger partial charge is 0.226 e. The highest BCUT2D eigenvalue weighted by Crippen LogP contribution is 2.29. The van der Waals surface area contributed by atoms with Gasteiger partial charge in [0.15, 0.2) is 0 Å². The van der Waals surface area contributed by atoms with Crippen molar-refractivity contribution in [2.45, 2.75) is 57.9 Å². The fraction of sp³-hybridized carbons (Fsp3) is 0.933. The second-order valence-electron chi connectivity index (χ2n) is 6.08. The monoisotopic (exact) mass is 288 g/mol. The van der Waals surface area contributed by atoms with Crippen LogP contribution in [0, 0.1) is 11.8 Å². The van der Waals surface area contributed by atoms with Crippen LogP contribution in [0.5, 0.6) is 0 Å². The number of nitrogens with one attached hydrogen (secondary N) is 1. The Kier molecular flexibility index (Phi) is 7.16. The molecule has 1 aliphatic carbocycles. The highest BCUT2D eigenvalue weighted by Gasteiger charge is 2.30. The average Bonchev–Trinajstić information content (AvgIpc) is 2.47. The van der Waals surface area contributed by atoms with E-state index in [4.69, 9.17) is 0 Å². The van der Waals surface area contributed by atoms with Crippen molar-refractivity contribution < 1.29 is 4.79 Å². The number of carbonyl (C=O) groups is 1. The molecule has 0 aromatic heterocycles. The van der Waals surface area contributed by atoms with Crippen molar-refractivity contribution in [3.63, 3.8) is 0 Å². The van der Waals surface area contributed by atoms with Gasteiger partial charge >= 0.3 is 0 Å². The first-order chi connectivity index (χ1) is 8.72. The molecule has 0 aromatic carbocycles. The molecule has 0 spiro atoms. The van der Waals surface area contributed by atoms with Crippen molar-refractivity contribution in [2.24, 2.45) is 11.8 Å². The zero-order valence-corrected chi connectivity index (χ0v) is 13.2. The van der Waals surface area contributed by atoms with E-state index < -0.39 is 0 Å². The van der Waals surface area contributed by atoms with Gasteiger partial charge < -0.3 is 10.2 Å². The third kappa shape index (κ3) is 4.35. The maximum Gasteiger partial charge on any atom is 0.226 e. The van der Waals surface area contributed by atoms with E-state index in [1.54, 1.807) is 0 Å². The van der Waals surface area contributed by atoms with Crippen LogP contribution in [0.15, 0.2) is 0 Å². The Balaban J connectivity index is 0.00000180. The van der Waals surface area contributed by atoms with Crippen molar-refractivity contribution in [1.82, 2.24) is 10.2 Å². The predicted octanol–water partition coefficient (Wildman–Crippen LogP) is 2.84. The van der Waals surface area contributed by atoms with Crippen molar-refractivity contribution in [2.75, 3.05) is 20.1 Å². The molecule has 1 heterocycles. The number of halogens is 1. The Hall–Kier alpha value is -0.280. The van der Waals surface area contributed by atoms with Crippen LogP contribution in [0.25, 0.3) is 0 Å². The summed E-state index contributed by atoms with van der Waals surface area (Å²) in [4.78, 5) is 14.5. The molecule has 2 fully saturated rings. The Morgan fingerprint density at radius 2 is 1.89 bits per heavy atom. The molecule has 19 heavy (non-hydrogen) atoms. The van der Waals surface area contributed by atoms with Gasteiger partial charge in [-0.05, 0) is 51.0 Å². The molecule has 1 saturated carbocycles. The number of hydrogen-bond donors (Lipinski definition) is 1. The summed E-state index contributed by atoms with van der Waals surface area (Å²) in [6, 6.07) is 0.502. The molecular weight excluding hydrogens is 260 g/mol. The van der Waals surface area contributed by atoms with Crippen LogP contribution in [0.4, 0.5) is 0 Å². The number of amides is 1. The van der Waals surface area contributed by atoms with E-state index in [9.17, 15) is 4.79 Å². The molecule has 1 N–H and O–H groups in total. The minimum absolute atomic E-state index is 0. The Morgan fingerprint density at radius 1 is 1.21 bits per heavy atom. The Morgan fingerprint density at radius 3 is 2.42 bits per heavy atom. The lowest BCUT2D eigenvalue weighted by Gasteiger charge is -2.37. The van der Waals surface area contributed by atoms with E-state index in [1.807, 2.05) is 7.05 Å². The van der Waals surface area contributed by atoms with Gasteiger partial charge in [-0.3, -0.25) is 4.79 Å². The molecule has 0 radical (unpaired) electrons. The number of nitrogens with zero attached hydrogens (tertiary/aromatic N) is 1. The zero-order chi connectivity index (χ0) is 13.0. The fourth-order valence-corrected chi connectivity index (χ4v) is 3.47. The van der Waals surface area contributed by atoms with Gasteiger partial charge in [-0.25, -0.2) is 0 Å². The molecule has 1 atom stereocenters. The van der Waals surface area contributed by atoms with Crippen LogP contribution >= 0.6 is 12.4 Å². The van der Waals surface area contributed by atoms with E-state index in [1.165, 1.54) is 32.1 Å². The molecule has 2 rings (SSSR count). The van der Waals surface area contributed by atoms with Gasteiger partial charge in [-0.1, -0.05) is 13.3 Å². The summed E-state index contributed by atoms with van der Waals surface area (Å²) in [6.45, 7) is 4.25. The summed E-state index contributed by atoms with van der Waals surface area (Å²) in [5.41, 5.74) is 0. The summed E-state index contributed by atoms with van der Waals surface area (Å²) in [5.74, 6) is 1.51. The predicted molar refractivity (Wildman–Crippen MR) is 81.6 cm³/mol. The summed E-state index contributed by atoms with van der Waals surface area (Å²) >= 11 is 0. The van der Waals surface area contributed by atoms with E-state index in [2.05, 4.69) is 17.1 Å². The molecule has 1 saturated heterocycles. The van der Waals surface area contributed by atoms with Gasteiger partial charge in [0.25, 0.3) is 0 Å². The molecule has 1 amide bonds. The van der Waals surface area contributed by atoms with Crippen molar-refractivity contribution in [1.29, 1.82) is 0 Å².